The van der Waals surface area contributed by atoms with Crippen molar-refractivity contribution in [3.8, 4) is 0 Å². The first-order chi connectivity index (χ1) is 11.1. The van der Waals surface area contributed by atoms with Crippen LogP contribution in [-0.2, 0) is 22.6 Å². The number of sulfonamides is 1. The molecule has 130 valence electrons. The van der Waals surface area contributed by atoms with Crippen LogP contribution in [0.3, 0.4) is 0 Å². The lowest BCUT2D eigenvalue weighted by Crippen LogP contribution is -2.26. The Morgan fingerprint density at radius 1 is 0.958 bits per heavy atom. The molecule has 0 radical (unpaired) electrons. The zero-order chi connectivity index (χ0) is 18.0. The Balaban J connectivity index is 2.00. The summed E-state index contributed by atoms with van der Waals surface area (Å²) < 4.78 is 89.5. The lowest BCUT2D eigenvalue weighted by Gasteiger charge is -2.09. The quantitative estimate of drug-likeness (QED) is 0.825. The van der Waals surface area contributed by atoms with Gasteiger partial charge in [-0.3, -0.25) is 0 Å². The highest BCUT2D eigenvalue weighted by Gasteiger charge is 2.29. The van der Waals surface area contributed by atoms with Gasteiger partial charge in [-0.2, -0.15) is 13.2 Å². The van der Waals surface area contributed by atoms with E-state index in [0.29, 0.717) is 11.6 Å². The van der Waals surface area contributed by atoms with Crippen molar-refractivity contribution in [1.29, 1.82) is 0 Å². The van der Waals surface area contributed by atoms with Crippen molar-refractivity contribution in [2.75, 3.05) is 6.54 Å². The molecular formula is C15H12F5NO2S. The SMILES string of the molecule is O=S(=O)(NCCc1ccc(C(F)(F)F)cc1)c1ccc(F)cc1F. The Labute approximate surface area is 135 Å². The van der Waals surface area contributed by atoms with Crippen LogP contribution in [0.1, 0.15) is 11.1 Å². The predicted molar refractivity (Wildman–Crippen MR) is 76.7 cm³/mol. The zero-order valence-electron chi connectivity index (χ0n) is 12.1. The third kappa shape index (κ3) is 4.51. The molecule has 0 saturated carbocycles. The first-order valence-corrected chi connectivity index (χ1v) is 8.19. The number of benzene rings is 2. The van der Waals surface area contributed by atoms with Gasteiger partial charge in [-0.15, -0.1) is 0 Å². The Morgan fingerprint density at radius 2 is 1.58 bits per heavy atom. The highest BCUT2D eigenvalue weighted by atomic mass is 32.2. The van der Waals surface area contributed by atoms with Crippen molar-refractivity contribution in [2.24, 2.45) is 0 Å². The summed E-state index contributed by atoms with van der Waals surface area (Å²) in [6.07, 6.45) is -4.33. The van der Waals surface area contributed by atoms with Crippen molar-refractivity contribution in [3.05, 3.63) is 65.2 Å². The fourth-order valence-electron chi connectivity index (χ4n) is 1.96. The minimum atomic E-state index is -4.44. The van der Waals surface area contributed by atoms with Crippen LogP contribution in [0.2, 0.25) is 0 Å². The summed E-state index contributed by atoms with van der Waals surface area (Å²) in [4.78, 5) is -0.698. The van der Waals surface area contributed by atoms with E-state index in [1.54, 1.807) is 0 Å². The van der Waals surface area contributed by atoms with E-state index in [-0.39, 0.29) is 13.0 Å². The number of rotatable bonds is 5. The number of alkyl halides is 3. The maximum absolute atomic E-state index is 13.5. The van der Waals surface area contributed by atoms with Gasteiger partial charge >= 0.3 is 6.18 Å². The summed E-state index contributed by atoms with van der Waals surface area (Å²) in [7, 11) is -4.18. The van der Waals surface area contributed by atoms with E-state index >= 15 is 0 Å². The number of hydrogen-bond donors (Lipinski definition) is 1. The summed E-state index contributed by atoms with van der Waals surface area (Å²) in [6.45, 7) is -0.148. The normalized spacial score (nSPS) is 12.4. The number of hydrogen-bond acceptors (Lipinski definition) is 2. The van der Waals surface area contributed by atoms with Crippen molar-refractivity contribution < 1.29 is 30.4 Å². The second-order valence-electron chi connectivity index (χ2n) is 4.92. The van der Waals surface area contributed by atoms with Crippen LogP contribution >= 0.6 is 0 Å². The van der Waals surface area contributed by atoms with Crippen LogP contribution < -0.4 is 4.72 Å². The molecule has 24 heavy (non-hydrogen) atoms. The topological polar surface area (TPSA) is 46.2 Å². The first kappa shape index (κ1) is 18.3. The number of nitrogens with one attached hydrogen (secondary N) is 1. The molecule has 0 fully saturated rings. The monoisotopic (exact) mass is 365 g/mol. The van der Waals surface area contributed by atoms with E-state index in [1.807, 2.05) is 0 Å². The summed E-state index contributed by atoms with van der Waals surface area (Å²) in [6, 6.07) is 6.31. The van der Waals surface area contributed by atoms with Crippen LogP contribution in [-0.4, -0.2) is 15.0 Å². The molecule has 0 aliphatic heterocycles. The van der Waals surface area contributed by atoms with Gasteiger partial charge in [0, 0.05) is 12.6 Å². The van der Waals surface area contributed by atoms with Crippen LogP contribution in [0.5, 0.6) is 0 Å². The zero-order valence-corrected chi connectivity index (χ0v) is 12.9. The lowest BCUT2D eigenvalue weighted by molar-refractivity contribution is -0.137. The molecule has 3 nitrogen and oxygen atoms in total. The maximum Gasteiger partial charge on any atom is 0.416 e. The van der Waals surface area contributed by atoms with Gasteiger partial charge < -0.3 is 0 Å². The van der Waals surface area contributed by atoms with E-state index in [1.165, 1.54) is 12.1 Å². The van der Waals surface area contributed by atoms with Crippen molar-refractivity contribution in [3.63, 3.8) is 0 Å². The van der Waals surface area contributed by atoms with Crippen LogP contribution in [0.4, 0.5) is 22.0 Å². The van der Waals surface area contributed by atoms with Crippen molar-refractivity contribution in [1.82, 2.24) is 4.72 Å². The highest BCUT2D eigenvalue weighted by Crippen LogP contribution is 2.29. The van der Waals surface area contributed by atoms with Gasteiger partial charge in [0.15, 0.2) is 0 Å². The molecule has 2 aromatic rings. The Bertz CT molecular complexity index is 817. The molecule has 0 unspecified atom stereocenters. The fourth-order valence-corrected chi connectivity index (χ4v) is 3.05. The third-order valence-electron chi connectivity index (χ3n) is 3.17. The second-order valence-corrected chi connectivity index (χ2v) is 6.65. The van der Waals surface area contributed by atoms with Gasteiger partial charge in [0.25, 0.3) is 0 Å². The second kappa shape index (κ2) is 6.86. The van der Waals surface area contributed by atoms with Gasteiger partial charge in [0.05, 0.1) is 5.56 Å². The molecule has 1 N–H and O–H groups in total. The Hall–Kier alpha value is -2.00. The van der Waals surface area contributed by atoms with Crippen LogP contribution in [0.15, 0.2) is 47.4 Å². The highest BCUT2D eigenvalue weighted by molar-refractivity contribution is 7.89. The molecular weight excluding hydrogens is 353 g/mol. The standard InChI is InChI=1S/C15H12F5NO2S/c16-12-5-6-14(13(17)9-12)24(22,23)21-8-7-10-1-3-11(4-2-10)15(18,19)20/h1-6,9,21H,7-8H2. The van der Waals surface area contributed by atoms with Gasteiger partial charge in [-0.05, 0) is 36.2 Å². The molecule has 0 aliphatic carbocycles. The van der Waals surface area contributed by atoms with Crippen molar-refractivity contribution in [2.45, 2.75) is 17.5 Å². The molecule has 2 rings (SSSR count). The van der Waals surface area contributed by atoms with Crippen molar-refractivity contribution >= 4 is 10.0 Å². The van der Waals surface area contributed by atoms with Gasteiger partial charge in [0.2, 0.25) is 10.0 Å². The molecule has 0 heterocycles. The molecule has 0 bridgehead atoms. The van der Waals surface area contributed by atoms with E-state index in [0.717, 1.165) is 24.3 Å². The van der Waals surface area contributed by atoms with Gasteiger partial charge in [0.1, 0.15) is 16.5 Å². The molecule has 0 atom stereocenters. The molecule has 0 aliphatic rings. The molecule has 0 aromatic heterocycles. The first-order valence-electron chi connectivity index (χ1n) is 6.70. The summed E-state index contributed by atoms with van der Waals surface area (Å²) in [5.41, 5.74) is -0.328. The predicted octanol–water partition coefficient (Wildman–Crippen LogP) is 3.50. The molecule has 0 saturated heterocycles. The van der Waals surface area contributed by atoms with E-state index in [9.17, 15) is 30.4 Å². The maximum atomic E-state index is 13.5. The van der Waals surface area contributed by atoms with E-state index in [4.69, 9.17) is 0 Å². The van der Waals surface area contributed by atoms with Gasteiger partial charge in [-0.1, -0.05) is 12.1 Å². The van der Waals surface area contributed by atoms with Gasteiger partial charge in [-0.25, -0.2) is 21.9 Å². The molecule has 0 spiro atoms. The fraction of sp³-hybridized carbons (Fsp3) is 0.200. The minimum Gasteiger partial charge on any atom is -0.211 e. The molecule has 9 heteroatoms. The molecule has 2 aromatic carbocycles. The Morgan fingerprint density at radius 3 is 2.12 bits per heavy atom. The minimum absolute atomic E-state index is 0.111. The van der Waals surface area contributed by atoms with Crippen LogP contribution in [0.25, 0.3) is 0 Å². The van der Waals surface area contributed by atoms with E-state index < -0.39 is 38.3 Å². The third-order valence-corrected chi connectivity index (χ3v) is 4.66. The average molecular weight is 365 g/mol. The summed E-state index contributed by atoms with van der Waals surface area (Å²) in [5.74, 6) is -2.13. The number of halogens is 5. The smallest absolute Gasteiger partial charge is 0.211 e. The van der Waals surface area contributed by atoms with E-state index in [2.05, 4.69) is 4.72 Å². The summed E-state index contributed by atoms with van der Waals surface area (Å²) in [5, 5.41) is 0. The molecule has 0 amide bonds. The lowest BCUT2D eigenvalue weighted by atomic mass is 10.1. The Kier molecular flexibility index (Phi) is 5.24. The largest absolute Gasteiger partial charge is 0.416 e. The van der Waals surface area contributed by atoms with Crippen LogP contribution in [0, 0.1) is 11.6 Å². The average Bonchev–Trinajstić information content (AvgIpc) is 2.46. The summed E-state index contributed by atoms with van der Waals surface area (Å²) >= 11 is 0.